The van der Waals surface area contributed by atoms with Crippen LogP contribution in [0.1, 0.15) is 24.6 Å². The third-order valence-electron chi connectivity index (χ3n) is 3.55. The van der Waals surface area contributed by atoms with Crippen molar-refractivity contribution in [1.29, 1.82) is 0 Å². The molecule has 0 aromatic carbocycles. The maximum atomic E-state index is 6.12. The van der Waals surface area contributed by atoms with Gasteiger partial charge in [0.05, 0.1) is 6.10 Å². The first-order valence-electron chi connectivity index (χ1n) is 5.47. The SMILES string of the molecule is CC1OCCC1(CCl)CCc1cccs1. The minimum absolute atomic E-state index is 0.214. The first-order chi connectivity index (χ1) is 7.27. The van der Waals surface area contributed by atoms with E-state index in [0.29, 0.717) is 6.10 Å². The number of hydrogen-bond donors (Lipinski definition) is 0. The fraction of sp³-hybridized carbons (Fsp3) is 0.667. The third kappa shape index (κ3) is 2.38. The topological polar surface area (TPSA) is 9.23 Å². The van der Waals surface area contributed by atoms with Gasteiger partial charge in [0.25, 0.3) is 0 Å². The second kappa shape index (κ2) is 4.86. The molecule has 0 radical (unpaired) electrons. The molecule has 1 saturated heterocycles. The molecule has 3 heteroatoms. The molecule has 1 fully saturated rings. The van der Waals surface area contributed by atoms with Gasteiger partial charge in [-0.05, 0) is 37.6 Å². The van der Waals surface area contributed by atoms with E-state index in [4.69, 9.17) is 16.3 Å². The molecule has 0 spiro atoms. The van der Waals surface area contributed by atoms with Crippen molar-refractivity contribution in [1.82, 2.24) is 0 Å². The number of alkyl halides is 1. The second-order valence-electron chi connectivity index (χ2n) is 4.34. The number of thiophene rings is 1. The van der Waals surface area contributed by atoms with Gasteiger partial charge in [-0.15, -0.1) is 22.9 Å². The van der Waals surface area contributed by atoms with E-state index in [0.717, 1.165) is 31.7 Å². The maximum Gasteiger partial charge on any atom is 0.0615 e. The molecule has 2 heterocycles. The van der Waals surface area contributed by atoms with E-state index in [1.165, 1.54) is 4.88 Å². The molecule has 15 heavy (non-hydrogen) atoms. The highest BCUT2D eigenvalue weighted by Crippen LogP contribution is 2.40. The Bertz CT molecular complexity index is 299. The van der Waals surface area contributed by atoms with E-state index in [1.54, 1.807) is 0 Å². The molecule has 2 atom stereocenters. The summed E-state index contributed by atoms with van der Waals surface area (Å²) in [4.78, 5) is 1.46. The monoisotopic (exact) mass is 244 g/mol. The summed E-state index contributed by atoms with van der Waals surface area (Å²) >= 11 is 7.96. The van der Waals surface area contributed by atoms with E-state index in [1.807, 2.05) is 11.3 Å². The Balaban J connectivity index is 1.96. The van der Waals surface area contributed by atoms with E-state index in [-0.39, 0.29) is 5.41 Å². The summed E-state index contributed by atoms with van der Waals surface area (Å²) in [6.45, 7) is 3.03. The number of aryl methyl sites for hydroxylation is 1. The molecule has 0 aliphatic carbocycles. The van der Waals surface area contributed by atoms with E-state index in [2.05, 4.69) is 24.4 Å². The highest BCUT2D eigenvalue weighted by molar-refractivity contribution is 7.09. The predicted octanol–water partition coefficient (Wildman–Crippen LogP) is 3.71. The summed E-state index contributed by atoms with van der Waals surface area (Å²) in [5.74, 6) is 0.722. The largest absolute Gasteiger partial charge is 0.378 e. The summed E-state index contributed by atoms with van der Waals surface area (Å²) in [5, 5.41) is 2.14. The van der Waals surface area contributed by atoms with Crippen LogP contribution in [-0.4, -0.2) is 18.6 Å². The Kier molecular flexibility index (Phi) is 3.70. The van der Waals surface area contributed by atoms with Gasteiger partial charge in [-0.1, -0.05) is 6.07 Å². The van der Waals surface area contributed by atoms with E-state index < -0.39 is 0 Å². The van der Waals surface area contributed by atoms with Crippen molar-refractivity contribution in [2.45, 2.75) is 32.3 Å². The summed E-state index contributed by atoms with van der Waals surface area (Å²) in [7, 11) is 0. The molecular formula is C12H17ClOS. The van der Waals surface area contributed by atoms with E-state index in [9.17, 15) is 0 Å². The fourth-order valence-electron chi connectivity index (χ4n) is 2.22. The van der Waals surface area contributed by atoms with Crippen molar-refractivity contribution in [3.63, 3.8) is 0 Å². The van der Waals surface area contributed by atoms with Gasteiger partial charge < -0.3 is 4.74 Å². The van der Waals surface area contributed by atoms with E-state index >= 15 is 0 Å². The summed E-state index contributed by atoms with van der Waals surface area (Å²) in [6.07, 6.45) is 3.72. The first kappa shape index (κ1) is 11.4. The van der Waals surface area contributed by atoms with Crippen molar-refractivity contribution in [3.8, 4) is 0 Å². The summed E-state index contributed by atoms with van der Waals surface area (Å²) in [5.41, 5.74) is 0.214. The van der Waals surface area contributed by atoms with Crippen LogP contribution in [0.4, 0.5) is 0 Å². The lowest BCUT2D eigenvalue weighted by molar-refractivity contribution is 0.0698. The van der Waals surface area contributed by atoms with Gasteiger partial charge in [0, 0.05) is 22.8 Å². The summed E-state index contributed by atoms with van der Waals surface area (Å²) < 4.78 is 5.65. The molecule has 0 N–H and O–H groups in total. The first-order valence-corrected chi connectivity index (χ1v) is 6.88. The molecule has 1 aliphatic rings. The normalized spacial score (nSPS) is 30.9. The Morgan fingerprint density at radius 3 is 3.07 bits per heavy atom. The average Bonchev–Trinajstić information content (AvgIpc) is 2.85. The third-order valence-corrected chi connectivity index (χ3v) is 5.01. The number of halogens is 1. The Hall–Kier alpha value is -0.0500. The minimum atomic E-state index is 0.214. The fourth-order valence-corrected chi connectivity index (χ4v) is 3.41. The molecule has 0 saturated carbocycles. The van der Waals surface area contributed by atoms with Crippen LogP contribution in [0, 0.1) is 5.41 Å². The second-order valence-corrected chi connectivity index (χ2v) is 5.64. The van der Waals surface area contributed by atoms with Crippen LogP contribution in [0.25, 0.3) is 0 Å². The molecule has 2 rings (SSSR count). The standard InChI is InChI=1S/C12H17ClOS/c1-10-12(9-13,6-7-14-10)5-4-11-3-2-8-15-11/h2-3,8,10H,4-7,9H2,1H3. The molecular weight excluding hydrogens is 228 g/mol. The average molecular weight is 245 g/mol. The van der Waals surface area contributed by atoms with Crippen LogP contribution >= 0.6 is 22.9 Å². The zero-order valence-electron chi connectivity index (χ0n) is 9.04. The maximum absolute atomic E-state index is 6.12. The van der Waals surface area contributed by atoms with Crippen LogP contribution in [-0.2, 0) is 11.2 Å². The molecule has 0 bridgehead atoms. The summed E-state index contributed by atoms with van der Waals surface area (Å²) in [6, 6.07) is 4.31. The number of rotatable bonds is 4. The van der Waals surface area contributed by atoms with Crippen LogP contribution in [0.5, 0.6) is 0 Å². The smallest absolute Gasteiger partial charge is 0.0615 e. The molecule has 1 aliphatic heterocycles. The lowest BCUT2D eigenvalue weighted by Crippen LogP contribution is -2.31. The lowest BCUT2D eigenvalue weighted by atomic mass is 9.79. The lowest BCUT2D eigenvalue weighted by Gasteiger charge is -2.29. The van der Waals surface area contributed by atoms with Gasteiger partial charge in [0.15, 0.2) is 0 Å². The van der Waals surface area contributed by atoms with Gasteiger partial charge in [-0.2, -0.15) is 0 Å². The number of ether oxygens (including phenoxy) is 1. The van der Waals surface area contributed by atoms with Gasteiger partial charge in [0.2, 0.25) is 0 Å². The van der Waals surface area contributed by atoms with Crippen molar-refractivity contribution < 1.29 is 4.74 Å². The van der Waals surface area contributed by atoms with Crippen molar-refractivity contribution in [3.05, 3.63) is 22.4 Å². The molecule has 84 valence electrons. The van der Waals surface area contributed by atoms with Gasteiger partial charge in [-0.3, -0.25) is 0 Å². The van der Waals surface area contributed by atoms with Crippen molar-refractivity contribution in [2.75, 3.05) is 12.5 Å². The Morgan fingerprint density at radius 2 is 2.53 bits per heavy atom. The molecule has 2 unspecified atom stereocenters. The van der Waals surface area contributed by atoms with Gasteiger partial charge in [-0.25, -0.2) is 0 Å². The van der Waals surface area contributed by atoms with Crippen LogP contribution < -0.4 is 0 Å². The quantitative estimate of drug-likeness (QED) is 0.734. The zero-order chi connectivity index (χ0) is 10.7. The van der Waals surface area contributed by atoms with Crippen molar-refractivity contribution >= 4 is 22.9 Å². The van der Waals surface area contributed by atoms with Crippen LogP contribution in [0.3, 0.4) is 0 Å². The number of hydrogen-bond acceptors (Lipinski definition) is 2. The molecule has 1 aromatic heterocycles. The van der Waals surface area contributed by atoms with Crippen LogP contribution in [0.2, 0.25) is 0 Å². The molecule has 1 aromatic rings. The van der Waals surface area contributed by atoms with Gasteiger partial charge in [0.1, 0.15) is 0 Å². The highest BCUT2D eigenvalue weighted by atomic mass is 35.5. The predicted molar refractivity (Wildman–Crippen MR) is 65.8 cm³/mol. The van der Waals surface area contributed by atoms with Crippen molar-refractivity contribution in [2.24, 2.45) is 5.41 Å². The Morgan fingerprint density at radius 1 is 1.67 bits per heavy atom. The van der Waals surface area contributed by atoms with Gasteiger partial charge >= 0.3 is 0 Å². The van der Waals surface area contributed by atoms with Crippen LogP contribution in [0.15, 0.2) is 17.5 Å². The molecule has 0 amide bonds. The minimum Gasteiger partial charge on any atom is -0.378 e. The highest BCUT2D eigenvalue weighted by Gasteiger charge is 2.40. The Labute approximate surface area is 100 Å². The zero-order valence-corrected chi connectivity index (χ0v) is 10.6. The molecule has 1 nitrogen and oxygen atoms in total.